The summed E-state index contributed by atoms with van der Waals surface area (Å²) in [6.07, 6.45) is 4.03. The summed E-state index contributed by atoms with van der Waals surface area (Å²) in [6.45, 7) is 4.90. The minimum Gasteiger partial charge on any atom is -0.486 e. The largest absolute Gasteiger partial charge is 0.486 e. The second kappa shape index (κ2) is 8.88. The molecule has 2 aromatic carbocycles. The SMILES string of the molecule is Cc1cccc(C)c1NC(=O)NC1(C(=O)Nc2ccc3c(c2)OCCO3)CCCCC1. The van der Waals surface area contributed by atoms with Crippen LogP contribution in [0, 0.1) is 13.8 Å². The van der Waals surface area contributed by atoms with Crippen molar-refractivity contribution < 1.29 is 19.1 Å². The first-order valence-corrected chi connectivity index (χ1v) is 10.8. The highest BCUT2D eigenvalue weighted by Gasteiger charge is 2.41. The van der Waals surface area contributed by atoms with Gasteiger partial charge in [0.25, 0.3) is 0 Å². The van der Waals surface area contributed by atoms with Crippen LogP contribution in [-0.4, -0.2) is 30.7 Å². The Hall–Kier alpha value is -3.22. The van der Waals surface area contributed by atoms with E-state index >= 15 is 0 Å². The van der Waals surface area contributed by atoms with Crippen molar-refractivity contribution in [3.05, 3.63) is 47.5 Å². The average molecular weight is 424 g/mol. The molecule has 7 heteroatoms. The smallest absolute Gasteiger partial charge is 0.320 e. The molecule has 1 aliphatic heterocycles. The number of hydrogen-bond acceptors (Lipinski definition) is 4. The Morgan fingerprint density at radius 1 is 0.871 bits per heavy atom. The predicted octanol–water partition coefficient (Wildman–Crippen LogP) is 4.54. The molecule has 1 heterocycles. The number of ether oxygens (including phenoxy) is 2. The normalized spacial score (nSPS) is 16.8. The number of carbonyl (C=O) groups is 2. The van der Waals surface area contributed by atoms with Gasteiger partial charge in [-0.25, -0.2) is 4.79 Å². The van der Waals surface area contributed by atoms with E-state index in [2.05, 4.69) is 16.0 Å². The minimum atomic E-state index is -0.952. The van der Waals surface area contributed by atoms with E-state index in [1.807, 2.05) is 32.0 Å². The molecule has 2 aromatic rings. The number of aryl methyl sites for hydroxylation is 2. The maximum atomic E-state index is 13.4. The summed E-state index contributed by atoms with van der Waals surface area (Å²) in [5.74, 6) is 1.07. The molecule has 7 nitrogen and oxygen atoms in total. The molecule has 0 spiro atoms. The van der Waals surface area contributed by atoms with E-state index < -0.39 is 5.54 Å². The summed E-state index contributed by atoms with van der Waals surface area (Å²) >= 11 is 0. The second-order valence-corrected chi connectivity index (χ2v) is 8.30. The van der Waals surface area contributed by atoms with Gasteiger partial charge in [0.05, 0.1) is 0 Å². The number of nitrogens with one attached hydrogen (secondary N) is 3. The number of carbonyl (C=O) groups excluding carboxylic acids is 2. The topological polar surface area (TPSA) is 88.7 Å². The third-order valence-electron chi connectivity index (χ3n) is 6.01. The van der Waals surface area contributed by atoms with Crippen molar-refractivity contribution in [2.75, 3.05) is 23.8 Å². The molecule has 0 radical (unpaired) electrons. The predicted molar refractivity (Wildman–Crippen MR) is 120 cm³/mol. The Morgan fingerprint density at radius 3 is 2.26 bits per heavy atom. The van der Waals surface area contributed by atoms with E-state index in [4.69, 9.17) is 9.47 Å². The molecule has 3 amide bonds. The van der Waals surface area contributed by atoms with Gasteiger partial charge in [-0.3, -0.25) is 4.79 Å². The van der Waals surface area contributed by atoms with Crippen LogP contribution in [0.4, 0.5) is 16.2 Å². The highest BCUT2D eigenvalue weighted by atomic mass is 16.6. The highest BCUT2D eigenvalue weighted by molar-refractivity contribution is 6.02. The Kier molecular flexibility index (Phi) is 6.02. The number of urea groups is 1. The Labute approximate surface area is 182 Å². The van der Waals surface area contributed by atoms with Gasteiger partial charge < -0.3 is 25.4 Å². The molecule has 3 N–H and O–H groups in total. The summed E-state index contributed by atoms with van der Waals surface area (Å²) in [5, 5.41) is 8.92. The summed E-state index contributed by atoms with van der Waals surface area (Å²) in [6, 6.07) is 10.8. The summed E-state index contributed by atoms with van der Waals surface area (Å²) < 4.78 is 11.2. The average Bonchev–Trinajstić information content (AvgIpc) is 2.77. The molecule has 0 atom stereocenters. The Bertz CT molecular complexity index is 963. The van der Waals surface area contributed by atoms with E-state index in [1.54, 1.807) is 18.2 Å². The van der Waals surface area contributed by atoms with E-state index in [1.165, 1.54) is 0 Å². The fourth-order valence-electron chi connectivity index (χ4n) is 4.31. The first kappa shape index (κ1) is 21.0. The van der Waals surface area contributed by atoms with Gasteiger partial charge in [0.15, 0.2) is 11.5 Å². The molecule has 2 aliphatic rings. The van der Waals surface area contributed by atoms with E-state index in [0.717, 1.165) is 36.1 Å². The first-order valence-electron chi connectivity index (χ1n) is 10.8. The van der Waals surface area contributed by atoms with Crippen LogP contribution in [0.25, 0.3) is 0 Å². The zero-order chi connectivity index (χ0) is 21.8. The van der Waals surface area contributed by atoms with Crippen LogP contribution in [-0.2, 0) is 4.79 Å². The molecule has 0 saturated heterocycles. The van der Waals surface area contributed by atoms with Gasteiger partial charge in [-0.2, -0.15) is 0 Å². The van der Waals surface area contributed by atoms with Gasteiger partial charge in [-0.15, -0.1) is 0 Å². The Morgan fingerprint density at radius 2 is 1.55 bits per heavy atom. The third kappa shape index (κ3) is 4.60. The standard InChI is InChI=1S/C24H29N3O4/c1-16-7-6-8-17(2)21(16)26-23(29)27-24(11-4-3-5-12-24)22(28)25-18-9-10-19-20(15-18)31-14-13-30-19/h6-10,15H,3-5,11-14H2,1-2H3,(H,25,28)(H2,26,27,29). The van der Waals surface area contributed by atoms with Crippen molar-refractivity contribution in [1.29, 1.82) is 0 Å². The van der Waals surface area contributed by atoms with Crippen molar-refractivity contribution in [2.24, 2.45) is 0 Å². The molecule has 1 saturated carbocycles. The van der Waals surface area contributed by atoms with Gasteiger partial charge in [0, 0.05) is 17.4 Å². The van der Waals surface area contributed by atoms with Crippen LogP contribution in [0.15, 0.2) is 36.4 Å². The number of anilines is 2. The van der Waals surface area contributed by atoms with Gasteiger partial charge in [0.2, 0.25) is 5.91 Å². The summed E-state index contributed by atoms with van der Waals surface area (Å²) in [5.41, 5.74) is 2.41. The summed E-state index contributed by atoms with van der Waals surface area (Å²) in [4.78, 5) is 26.3. The molecule has 31 heavy (non-hydrogen) atoms. The third-order valence-corrected chi connectivity index (χ3v) is 6.01. The van der Waals surface area contributed by atoms with Crippen LogP contribution in [0.3, 0.4) is 0 Å². The minimum absolute atomic E-state index is 0.208. The van der Waals surface area contributed by atoms with Gasteiger partial charge >= 0.3 is 6.03 Å². The van der Waals surface area contributed by atoms with Crippen molar-refractivity contribution in [3.63, 3.8) is 0 Å². The van der Waals surface area contributed by atoms with Gasteiger partial charge in [-0.05, 0) is 49.9 Å². The monoisotopic (exact) mass is 423 g/mol. The molecule has 0 unspecified atom stereocenters. The lowest BCUT2D eigenvalue weighted by atomic mass is 9.81. The molecule has 4 rings (SSSR count). The molecule has 164 valence electrons. The molecular weight excluding hydrogens is 394 g/mol. The fourth-order valence-corrected chi connectivity index (χ4v) is 4.31. The lowest BCUT2D eigenvalue weighted by Crippen LogP contribution is -2.58. The lowest BCUT2D eigenvalue weighted by molar-refractivity contribution is -0.123. The van der Waals surface area contributed by atoms with Crippen LogP contribution < -0.4 is 25.4 Å². The number of rotatable bonds is 4. The maximum Gasteiger partial charge on any atom is 0.320 e. The fraction of sp³-hybridized carbons (Fsp3) is 0.417. The maximum absolute atomic E-state index is 13.4. The molecule has 0 bridgehead atoms. The number of fused-ring (bicyclic) bond motifs is 1. The van der Waals surface area contributed by atoms with Crippen LogP contribution in [0.1, 0.15) is 43.2 Å². The number of amides is 3. The van der Waals surface area contributed by atoms with E-state index in [0.29, 0.717) is 43.2 Å². The van der Waals surface area contributed by atoms with Crippen molar-refractivity contribution >= 4 is 23.3 Å². The number of hydrogen-bond donors (Lipinski definition) is 3. The van der Waals surface area contributed by atoms with E-state index in [-0.39, 0.29) is 11.9 Å². The molecule has 0 aromatic heterocycles. The zero-order valence-electron chi connectivity index (χ0n) is 18.0. The lowest BCUT2D eigenvalue weighted by Gasteiger charge is -2.36. The second-order valence-electron chi connectivity index (χ2n) is 8.30. The molecule has 1 fully saturated rings. The number of para-hydroxylation sites is 1. The van der Waals surface area contributed by atoms with Gasteiger partial charge in [-0.1, -0.05) is 37.5 Å². The Balaban J connectivity index is 1.50. The molecular formula is C24H29N3O4. The van der Waals surface area contributed by atoms with Crippen molar-refractivity contribution in [3.8, 4) is 11.5 Å². The quantitative estimate of drug-likeness (QED) is 0.674. The van der Waals surface area contributed by atoms with Crippen LogP contribution in [0.5, 0.6) is 11.5 Å². The van der Waals surface area contributed by atoms with Crippen LogP contribution >= 0.6 is 0 Å². The molecule has 1 aliphatic carbocycles. The zero-order valence-corrected chi connectivity index (χ0v) is 18.0. The van der Waals surface area contributed by atoms with Crippen molar-refractivity contribution in [1.82, 2.24) is 5.32 Å². The van der Waals surface area contributed by atoms with Crippen molar-refractivity contribution in [2.45, 2.75) is 51.5 Å². The van der Waals surface area contributed by atoms with Gasteiger partial charge in [0.1, 0.15) is 18.8 Å². The van der Waals surface area contributed by atoms with Crippen LogP contribution in [0.2, 0.25) is 0 Å². The number of benzene rings is 2. The van der Waals surface area contributed by atoms with E-state index in [9.17, 15) is 9.59 Å². The first-order chi connectivity index (χ1) is 15.0. The summed E-state index contributed by atoms with van der Waals surface area (Å²) in [7, 11) is 0. The highest BCUT2D eigenvalue weighted by Crippen LogP contribution is 2.34.